The van der Waals surface area contributed by atoms with Crippen molar-refractivity contribution < 1.29 is 0 Å². The van der Waals surface area contributed by atoms with Gasteiger partial charge < -0.3 is 0 Å². The normalized spacial score (nSPS) is 17.1. The van der Waals surface area contributed by atoms with Gasteiger partial charge in [-0.05, 0) is 56.0 Å². The highest BCUT2D eigenvalue weighted by molar-refractivity contribution is 6.28. The van der Waals surface area contributed by atoms with Crippen molar-refractivity contribution in [2.45, 2.75) is 38.8 Å². The fourth-order valence-corrected chi connectivity index (χ4v) is 3.74. The Morgan fingerprint density at radius 1 is 1.30 bits per heavy atom. The lowest BCUT2D eigenvalue weighted by molar-refractivity contribution is 0.484. The Kier molecular flexibility index (Phi) is 3.27. The molecule has 1 aromatic carbocycles. The van der Waals surface area contributed by atoms with Crippen LogP contribution in [0.25, 0.3) is 11.0 Å². The van der Waals surface area contributed by atoms with Crippen LogP contribution in [0.2, 0.25) is 5.28 Å². The van der Waals surface area contributed by atoms with Gasteiger partial charge in [0.2, 0.25) is 5.28 Å². The zero-order valence-corrected chi connectivity index (χ0v) is 13.8. The van der Waals surface area contributed by atoms with Gasteiger partial charge in [0.05, 0.1) is 22.8 Å². The minimum absolute atomic E-state index is 0.0156. The minimum atomic E-state index is -0.0969. The maximum absolute atomic E-state index is 13.1. The summed E-state index contributed by atoms with van der Waals surface area (Å²) in [5.41, 5.74) is 4.05. The maximum atomic E-state index is 13.1. The molecule has 1 atom stereocenters. The molecule has 1 aliphatic rings. The molecule has 0 aliphatic carbocycles. The van der Waals surface area contributed by atoms with E-state index < -0.39 is 0 Å². The van der Waals surface area contributed by atoms with Crippen LogP contribution < -0.4 is 5.69 Å². The van der Waals surface area contributed by atoms with Crippen molar-refractivity contribution in [1.29, 1.82) is 0 Å². The fraction of sp³-hybridized carbons (Fsp3) is 0.353. The van der Waals surface area contributed by atoms with Gasteiger partial charge in [0, 0.05) is 12.2 Å². The standard InChI is InChI=1S/C17H17ClN4O/c1-10(2)21-14-5-3-4-11-6-7-13(22(15(11)14)17(21)23)12-8-9-19-16(18)20-12/h3-5,8-10,13H,6-7H2,1-2H3. The molecule has 3 heterocycles. The topological polar surface area (TPSA) is 52.7 Å². The highest BCUT2D eigenvalue weighted by Crippen LogP contribution is 2.34. The number of halogens is 1. The monoisotopic (exact) mass is 328 g/mol. The number of hydrogen-bond donors (Lipinski definition) is 0. The summed E-state index contributed by atoms with van der Waals surface area (Å²) in [5.74, 6) is 0. The quantitative estimate of drug-likeness (QED) is 0.678. The highest BCUT2D eigenvalue weighted by Gasteiger charge is 2.29. The van der Waals surface area contributed by atoms with Crippen LogP contribution in [0, 0.1) is 0 Å². The van der Waals surface area contributed by atoms with E-state index in [0.717, 1.165) is 29.6 Å². The smallest absolute Gasteiger partial charge is 0.289 e. The molecule has 1 unspecified atom stereocenters. The summed E-state index contributed by atoms with van der Waals surface area (Å²) in [6, 6.07) is 8.00. The van der Waals surface area contributed by atoms with Gasteiger partial charge in [0.25, 0.3) is 0 Å². The van der Waals surface area contributed by atoms with Crippen LogP contribution >= 0.6 is 11.6 Å². The van der Waals surface area contributed by atoms with Gasteiger partial charge in [-0.3, -0.25) is 9.13 Å². The van der Waals surface area contributed by atoms with E-state index in [1.54, 1.807) is 6.20 Å². The van der Waals surface area contributed by atoms with Crippen molar-refractivity contribution in [3.8, 4) is 0 Å². The van der Waals surface area contributed by atoms with Crippen molar-refractivity contribution in [2.75, 3.05) is 0 Å². The van der Waals surface area contributed by atoms with Crippen molar-refractivity contribution in [3.63, 3.8) is 0 Å². The van der Waals surface area contributed by atoms with Gasteiger partial charge in [-0.25, -0.2) is 14.8 Å². The number of aryl methyl sites for hydroxylation is 1. The molecule has 0 N–H and O–H groups in total. The summed E-state index contributed by atoms with van der Waals surface area (Å²) >= 11 is 5.95. The van der Waals surface area contributed by atoms with E-state index in [1.807, 2.05) is 41.2 Å². The first-order valence-electron chi connectivity index (χ1n) is 7.80. The first-order chi connectivity index (χ1) is 11.1. The summed E-state index contributed by atoms with van der Waals surface area (Å²) in [6.45, 7) is 4.07. The Balaban J connectivity index is 2.04. The SMILES string of the molecule is CC(C)n1c(=O)n2c3c(cccc31)CCC2c1ccnc(Cl)n1. The van der Waals surface area contributed by atoms with Crippen molar-refractivity contribution in [3.05, 3.63) is 57.5 Å². The summed E-state index contributed by atoms with van der Waals surface area (Å²) in [6.07, 6.45) is 3.40. The van der Waals surface area contributed by atoms with E-state index in [2.05, 4.69) is 16.0 Å². The van der Waals surface area contributed by atoms with Crippen LogP contribution in [0.5, 0.6) is 0 Å². The van der Waals surface area contributed by atoms with Crippen LogP contribution in [-0.4, -0.2) is 19.1 Å². The molecule has 0 bridgehead atoms. The molecule has 3 aromatic rings. The van der Waals surface area contributed by atoms with Gasteiger partial charge >= 0.3 is 5.69 Å². The molecule has 5 nitrogen and oxygen atoms in total. The number of para-hydroxylation sites is 1. The second kappa shape index (κ2) is 5.20. The van der Waals surface area contributed by atoms with E-state index in [4.69, 9.17) is 11.6 Å². The third kappa shape index (κ3) is 2.10. The number of aromatic nitrogens is 4. The zero-order valence-electron chi connectivity index (χ0n) is 13.0. The van der Waals surface area contributed by atoms with Crippen LogP contribution in [0.15, 0.2) is 35.3 Å². The molecular formula is C17H17ClN4O. The predicted octanol–water partition coefficient (Wildman–Crippen LogP) is 3.36. The number of rotatable bonds is 2. The van der Waals surface area contributed by atoms with E-state index in [0.29, 0.717) is 0 Å². The van der Waals surface area contributed by atoms with E-state index in [-0.39, 0.29) is 23.1 Å². The lowest BCUT2D eigenvalue weighted by Crippen LogP contribution is -2.31. The summed E-state index contributed by atoms with van der Waals surface area (Å²) in [7, 11) is 0. The maximum Gasteiger partial charge on any atom is 0.329 e. The molecular weight excluding hydrogens is 312 g/mol. The van der Waals surface area contributed by atoms with Crippen molar-refractivity contribution in [1.82, 2.24) is 19.1 Å². The van der Waals surface area contributed by atoms with Crippen molar-refractivity contribution >= 4 is 22.6 Å². The average molecular weight is 329 g/mol. The van der Waals surface area contributed by atoms with Crippen LogP contribution in [0.4, 0.5) is 0 Å². The van der Waals surface area contributed by atoms with E-state index in [9.17, 15) is 4.79 Å². The number of imidazole rings is 1. The second-order valence-electron chi connectivity index (χ2n) is 6.21. The lowest BCUT2D eigenvalue weighted by Gasteiger charge is -2.23. The Hall–Kier alpha value is -2.14. The molecule has 1 aliphatic heterocycles. The predicted molar refractivity (Wildman–Crippen MR) is 90.1 cm³/mol. The second-order valence-corrected chi connectivity index (χ2v) is 6.54. The average Bonchev–Trinajstić information content (AvgIpc) is 2.83. The summed E-state index contributed by atoms with van der Waals surface area (Å²) in [5, 5.41) is 0.217. The molecule has 0 saturated heterocycles. The third-order valence-electron chi connectivity index (χ3n) is 4.52. The Bertz CT molecular complexity index is 957. The van der Waals surface area contributed by atoms with Crippen LogP contribution in [0.1, 0.15) is 43.6 Å². The van der Waals surface area contributed by atoms with Crippen LogP contribution in [-0.2, 0) is 6.42 Å². The molecule has 2 aromatic heterocycles. The molecule has 23 heavy (non-hydrogen) atoms. The third-order valence-corrected chi connectivity index (χ3v) is 4.70. The molecule has 0 radical (unpaired) electrons. The lowest BCUT2D eigenvalue weighted by atomic mass is 9.97. The Labute approximate surface area is 138 Å². The van der Waals surface area contributed by atoms with Gasteiger partial charge in [-0.15, -0.1) is 0 Å². The molecule has 6 heteroatoms. The molecule has 4 rings (SSSR count). The molecule has 0 spiro atoms. The van der Waals surface area contributed by atoms with Gasteiger partial charge in [-0.1, -0.05) is 12.1 Å². The first-order valence-corrected chi connectivity index (χ1v) is 8.18. The summed E-state index contributed by atoms with van der Waals surface area (Å²) < 4.78 is 3.74. The van der Waals surface area contributed by atoms with E-state index in [1.165, 1.54) is 5.56 Å². The molecule has 0 saturated carbocycles. The fourth-order valence-electron chi connectivity index (χ4n) is 3.59. The molecule has 0 amide bonds. The molecule has 0 fully saturated rings. The number of hydrogen-bond acceptors (Lipinski definition) is 3. The van der Waals surface area contributed by atoms with E-state index >= 15 is 0 Å². The van der Waals surface area contributed by atoms with Crippen LogP contribution in [0.3, 0.4) is 0 Å². The molecule has 118 valence electrons. The first kappa shape index (κ1) is 14.5. The largest absolute Gasteiger partial charge is 0.329 e. The van der Waals surface area contributed by atoms with Gasteiger partial charge in [0.15, 0.2) is 0 Å². The zero-order chi connectivity index (χ0) is 16.1. The number of benzene rings is 1. The Morgan fingerprint density at radius 2 is 2.13 bits per heavy atom. The highest BCUT2D eigenvalue weighted by atomic mass is 35.5. The van der Waals surface area contributed by atoms with Crippen molar-refractivity contribution in [2.24, 2.45) is 0 Å². The Morgan fingerprint density at radius 3 is 2.87 bits per heavy atom. The van der Waals surface area contributed by atoms with Gasteiger partial charge in [0.1, 0.15) is 0 Å². The van der Waals surface area contributed by atoms with Gasteiger partial charge in [-0.2, -0.15) is 0 Å². The number of nitrogens with zero attached hydrogens (tertiary/aromatic N) is 4. The minimum Gasteiger partial charge on any atom is -0.289 e. The summed E-state index contributed by atoms with van der Waals surface area (Å²) in [4.78, 5) is 21.3.